The Morgan fingerprint density at radius 3 is 2.77 bits per heavy atom. The van der Waals surface area contributed by atoms with Gasteiger partial charge in [-0.2, -0.15) is 0 Å². The van der Waals surface area contributed by atoms with Crippen LogP contribution in [0.1, 0.15) is 36.4 Å². The first-order valence-corrected chi connectivity index (χ1v) is 9.15. The van der Waals surface area contributed by atoms with Crippen LogP contribution in [0.15, 0.2) is 42.5 Å². The summed E-state index contributed by atoms with van der Waals surface area (Å²) in [5, 5.41) is 10.4. The third kappa shape index (κ3) is 3.13. The molecule has 2 atom stereocenters. The topological polar surface area (TPSA) is 59.0 Å². The van der Waals surface area contributed by atoms with Crippen molar-refractivity contribution in [3.63, 3.8) is 0 Å². The summed E-state index contributed by atoms with van der Waals surface area (Å²) in [6.45, 7) is 0.915. The Morgan fingerprint density at radius 1 is 1.15 bits per heavy atom. The maximum atomic E-state index is 11.9. The van der Waals surface area contributed by atoms with Crippen molar-refractivity contribution in [2.75, 3.05) is 13.3 Å². The molecule has 2 aliphatic rings. The fourth-order valence-electron chi connectivity index (χ4n) is 3.86. The van der Waals surface area contributed by atoms with Gasteiger partial charge in [0.15, 0.2) is 11.5 Å². The number of rotatable bonds is 4. The van der Waals surface area contributed by atoms with Gasteiger partial charge in [0.1, 0.15) is 6.04 Å². The van der Waals surface area contributed by atoms with Crippen molar-refractivity contribution >= 4 is 17.6 Å². The molecule has 0 spiro atoms. The van der Waals surface area contributed by atoms with Crippen molar-refractivity contribution in [1.29, 1.82) is 0 Å². The van der Waals surface area contributed by atoms with E-state index in [0.29, 0.717) is 29.5 Å². The van der Waals surface area contributed by atoms with Gasteiger partial charge in [-0.25, -0.2) is 0 Å². The number of hydrogen-bond acceptors (Lipinski definition) is 4. The van der Waals surface area contributed by atoms with E-state index in [-0.39, 0.29) is 12.8 Å². The van der Waals surface area contributed by atoms with E-state index in [2.05, 4.69) is 0 Å². The van der Waals surface area contributed by atoms with Gasteiger partial charge in [-0.05, 0) is 48.7 Å². The van der Waals surface area contributed by atoms with Crippen LogP contribution in [0.3, 0.4) is 0 Å². The molecule has 2 unspecified atom stereocenters. The summed E-state index contributed by atoms with van der Waals surface area (Å²) in [6.07, 6.45) is 2.53. The van der Waals surface area contributed by atoms with Crippen LogP contribution in [-0.4, -0.2) is 35.4 Å². The molecule has 0 amide bonds. The zero-order valence-electron chi connectivity index (χ0n) is 14.2. The van der Waals surface area contributed by atoms with Gasteiger partial charge in [-0.1, -0.05) is 42.3 Å². The van der Waals surface area contributed by atoms with Crippen LogP contribution in [0, 0.1) is 0 Å². The first-order valence-electron chi connectivity index (χ1n) is 8.77. The minimum Gasteiger partial charge on any atom is -0.480 e. The Kier molecular flexibility index (Phi) is 4.74. The lowest BCUT2D eigenvalue weighted by Gasteiger charge is -2.40. The molecular formula is C20H20ClNO4. The van der Waals surface area contributed by atoms with Crippen molar-refractivity contribution in [3.05, 3.63) is 58.6 Å². The summed E-state index contributed by atoms with van der Waals surface area (Å²) >= 11 is 6.50. The molecule has 0 radical (unpaired) electrons. The van der Waals surface area contributed by atoms with Gasteiger partial charge >= 0.3 is 5.97 Å². The number of hydrogen-bond donors (Lipinski definition) is 1. The molecule has 0 saturated carbocycles. The molecule has 6 heteroatoms. The lowest BCUT2D eigenvalue weighted by atomic mass is 9.91. The number of piperidine rings is 1. The van der Waals surface area contributed by atoms with Gasteiger partial charge in [-0.15, -0.1) is 0 Å². The average molecular weight is 374 g/mol. The Labute approximate surface area is 157 Å². The smallest absolute Gasteiger partial charge is 0.320 e. The number of halogens is 1. The number of carboxylic acids is 1. The summed E-state index contributed by atoms with van der Waals surface area (Å²) in [5.74, 6) is 0.603. The Balaban J connectivity index is 1.82. The van der Waals surface area contributed by atoms with Crippen molar-refractivity contribution in [1.82, 2.24) is 4.90 Å². The molecule has 1 fully saturated rings. The highest BCUT2D eigenvalue weighted by molar-refractivity contribution is 6.31. The molecule has 5 nitrogen and oxygen atoms in total. The predicted molar refractivity (Wildman–Crippen MR) is 97.8 cm³/mol. The first-order chi connectivity index (χ1) is 12.6. The van der Waals surface area contributed by atoms with Gasteiger partial charge < -0.3 is 14.6 Å². The molecule has 136 valence electrons. The highest BCUT2D eigenvalue weighted by Crippen LogP contribution is 2.41. The number of carbonyl (C=O) groups is 1. The van der Waals surface area contributed by atoms with Crippen LogP contribution >= 0.6 is 11.6 Å². The molecule has 2 aromatic carbocycles. The molecular weight excluding hydrogens is 354 g/mol. The largest absolute Gasteiger partial charge is 0.480 e. The number of ether oxygens (including phenoxy) is 2. The summed E-state index contributed by atoms with van der Waals surface area (Å²) in [6, 6.07) is 12.6. The number of carboxylic acid groups (broad SMARTS) is 1. The first kappa shape index (κ1) is 17.2. The van der Waals surface area contributed by atoms with Crippen molar-refractivity contribution in [2.45, 2.75) is 31.3 Å². The SMILES string of the molecule is O=C(O)C1CCCCN1C(c1ccc2c(c1)OCO2)c1ccccc1Cl. The fourth-order valence-corrected chi connectivity index (χ4v) is 4.10. The van der Waals surface area contributed by atoms with E-state index >= 15 is 0 Å². The molecule has 2 heterocycles. The van der Waals surface area contributed by atoms with Crippen LogP contribution < -0.4 is 9.47 Å². The van der Waals surface area contributed by atoms with Gasteiger partial charge in [0.2, 0.25) is 6.79 Å². The highest BCUT2D eigenvalue weighted by atomic mass is 35.5. The number of aliphatic carboxylic acids is 1. The molecule has 2 aromatic rings. The maximum absolute atomic E-state index is 11.9. The third-order valence-corrected chi connectivity index (χ3v) is 5.42. The number of likely N-dealkylation sites (tertiary alicyclic amines) is 1. The van der Waals surface area contributed by atoms with E-state index in [1.807, 2.05) is 47.4 Å². The highest BCUT2D eigenvalue weighted by Gasteiger charge is 2.36. The molecule has 1 N–H and O–H groups in total. The number of benzene rings is 2. The molecule has 4 rings (SSSR count). The molecule has 2 aliphatic heterocycles. The van der Waals surface area contributed by atoms with Crippen LogP contribution in [-0.2, 0) is 4.79 Å². The number of nitrogens with zero attached hydrogens (tertiary/aromatic N) is 1. The molecule has 1 saturated heterocycles. The minimum atomic E-state index is -0.789. The second-order valence-corrected chi connectivity index (χ2v) is 7.03. The van der Waals surface area contributed by atoms with Crippen molar-refractivity contribution in [2.24, 2.45) is 0 Å². The van der Waals surface area contributed by atoms with Crippen LogP contribution in [0.25, 0.3) is 0 Å². The molecule has 0 bridgehead atoms. The molecule has 26 heavy (non-hydrogen) atoms. The fraction of sp³-hybridized carbons (Fsp3) is 0.350. The van der Waals surface area contributed by atoms with E-state index in [0.717, 1.165) is 24.0 Å². The summed E-state index contributed by atoms with van der Waals surface area (Å²) in [7, 11) is 0. The maximum Gasteiger partial charge on any atom is 0.320 e. The lowest BCUT2D eigenvalue weighted by molar-refractivity contribution is -0.145. The van der Waals surface area contributed by atoms with Crippen LogP contribution in [0.2, 0.25) is 5.02 Å². The quantitative estimate of drug-likeness (QED) is 0.874. The predicted octanol–water partition coefficient (Wildman–Crippen LogP) is 4.10. The Hall–Kier alpha value is -2.24. The van der Waals surface area contributed by atoms with Crippen LogP contribution in [0.4, 0.5) is 0 Å². The summed E-state index contributed by atoms with van der Waals surface area (Å²) in [5.41, 5.74) is 1.86. The van der Waals surface area contributed by atoms with Gasteiger partial charge in [0.25, 0.3) is 0 Å². The lowest BCUT2D eigenvalue weighted by Crippen LogP contribution is -2.46. The van der Waals surface area contributed by atoms with E-state index in [4.69, 9.17) is 21.1 Å². The van der Waals surface area contributed by atoms with Gasteiger partial charge in [-0.3, -0.25) is 9.69 Å². The average Bonchev–Trinajstić information content (AvgIpc) is 3.12. The van der Waals surface area contributed by atoms with E-state index in [1.54, 1.807) is 0 Å². The van der Waals surface area contributed by atoms with E-state index in [1.165, 1.54) is 0 Å². The van der Waals surface area contributed by atoms with Crippen LogP contribution in [0.5, 0.6) is 11.5 Å². The second-order valence-electron chi connectivity index (χ2n) is 6.62. The zero-order valence-corrected chi connectivity index (χ0v) is 15.0. The molecule has 0 aromatic heterocycles. The number of fused-ring (bicyclic) bond motifs is 1. The molecule has 0 aliphatic carbocycles. The normalized spacial score (nSPS) is 20.7. The summed E-state index contributed by atoms with van der Waals surface area (Å²) < 4.78 is 10.9. The Bertz CT molecular complexity index is 825. The van der Waals surface area contributed by atoms with Crippen molar-refractivity contribution in [3.8, 4) is 11.5 Å². The standard InChI is InChI=1S/C20H20ClNO4/c21-15-6-2-1-5-14(15)19(22-10-4-3-7-16(22)20(23)24)13-8-9-17-18(11-13)26-12-25-17/h1-2,5-6,8-9,11,16,19H,3-4,7,10,12H2,(H,23,24). The minimum absolute atomic E-state index is 0.205. The van der Waals surface area contributed by atoms with E-state index < -0.39 is 12.0 Å². The van der Waals surface area contributed by atoms with Gasteiger partial charge in [0.05, 0.1) is 6.04 Å². The second kappa shape index (κ2) is 7.17. The summed E-state index contributed by atoms with van der Waals surface area (Å²) in [4.78, 5) is 13.9. The Morgan fingerprint density at radius 2 is 1.96 bits per heavy atom. The zero-order chi connectivity index (χ0) is 18.1. The third-order valence-electron chi connectivity index (χ3n) is 5.07. The van der Waals surface area contributed by atoms with E-state index in [9.17, 15) is 9.90 Å². The monoisotopic (exact) mass is 373 g/mol. The van der Waals surface area contributed by atoms with Gasteiger partial charge in [0, 0.05) is 5.02 Å². The van der Waals surface area contributed by atoms with Crippen molar-refractivity contribution < 1.29 is 19.4 Å².